The van der Waals surface area contributed by atoms with Gasteiger partial charge in [0.1, 0.15) is 4.90 Å². The van der Waals surface area contributed by atoms with E-state index in [1.165, 1.54) is 16.4 Å². The van der Waals surface area contributed by atoms with Gasteiger partial charge in [-0.2, -0.15) is 4.31 Å². The van der Waals surface area contributed by atoms with E-state index in [4.69, 9.17) is 11.6 Å². The lowest BCUT2D eigenvalue weighted by atomic mass is 10.2. The minimum atomic E-state index is -3.71. The van der Waals surface area contributed by atoms with E-state index in [1.807, 2.05) is 4.90 Å². The number of sulfonamides is 1. The number of carboxylic acids is 1. The van der Waals surface area contributed by atoms with E-state index in [0.717, 1.165) is 38.8 Å². The van der Waals surface area contributed by atoms with Crippen molar-refractivity contribution < 1.29 is 18.3 Å². The fourth-order valence-electron chi connectivity index (χ4n) is 3.19. The zero-order valence-electron chi connectivity index (χ0n) is 12.7. The molecule has 3 rings (SSSR count). The van der Waals surface area contributed by atoms with E-state index in [0.29, 0.717) is 18.8 Å². The third-order valence-electron chi connectivity index (χ3n) is 4.41. The molecular weight excluding hydrogens is 340 g/mol. The van der Waals surface area contributed by atoms with E-state index < -0.39 is 16.0 Å². The Morgan fingerprint density at radius 2 is 1.61 bits per heavy atom. The second-order valence-corrected chi connectivity index (χ2v) is 8.22. The molecule has 0 spiro atoms. The number of anilines is 1. The summed E-state index contributed by atoms with van der Waals surface area (Å²) in [6, 6.07) is 2.70. The van der Waals surface area contributed by atoms with Crippen LogP contribution in [0.25, 0.3) is 0 Å². The fourth-order valence-corrected chi connectivity index (χ4v) is 5.16. The van der Waals surface area contributed by atoms with Crippen molar-refractivity contribution in [1.29, 1.82) is 0 Å². The molecule has 2 fully saturated rings. The van der Waals surface area contributed by atoms with Crippen LogP contribution in [0.1, 0.15) is 36.0 Å². The van der Waals surface area contributed by atoms with Crippen LogP contribution >= 0.6 is 11.6 Å². The first-order valence-electron chi connectivity index (χ1n) is 7.73. The molecule has 0 aliphatic carbocycles. The molecule has 1 aromatic carbocycles. The maximum absolute atomic E-state index is 13.0. The standard InChI is InChI=1S/C15H19ClN2O4S/c16-12-10-13(17-5-1-2-6-17)14(9-11(12)15(19)20)23(21,22)18-7-3-4-8-18/h9-10H,1-8H2,(H,19,20). The maximum atomic E-state index is 13.0. The monoisotopic (exact) mass is 358 g/mol. The molecule has 0 amide bonds. The Kier molecular flexibility index (Phi) is 4.53. The molecule has 23 heavy (non-hydrogen) atoms. The highest BCUT2D eigenvalue weighted by Crippen LogP contribution is 2.36. The van der Waals surface area contributed by atoms with Gasteiger partial charge in [-0.3, -0.25) is 0 Å². The molecule has 0 saturated carbocycles. The van der Waals surface area contributed by atoms with Crippen LogP contribution in [0.5, 0.6) is 0 Å². The molecule has 1 N–H and O–H groups in total. The van der Waals surface area contributed by atoms with Gasteiger partial charge < -0.3 is 10.0 Å². The molecule has 1 aromatic rings. The van der Waals surface area contributed by atoms with Gasteiger partial charge in [-0.15, -0.1) is 0 Å². The first-order valence-corrected chi connectivity index (χ1v) is 9.55. The van der Waals surface area contributed by atoms with Gasteiger partial charge in [0.15, 0.2) is 0 Å². The Morgan fingerprint density at radius 3 is 2.17 bits per heavy atom. The van der Waals surface area contributed by atoms with Crippen molar-refractivity contribution in [3.8, 4) is 0 Å². The van der Waals surface area contributed by atoms with Gasteiger partial charge >= 0.3 is 5.97 Å². The SMILES string of the molecule is O=C(O)c1cc(S(=O)(=O)N2CCCC2)c(N2CCCC2)cc1Cl. The smallest absolute Gasteiger partial charge is 0.337 e. The molecule has 2 aliphatic heterocycles. The van der Waals surface area contributed by atoms with E-state index in [2.05, 4.69) is 0 Å². The summed E-state index contributed by atoms with van der Waals surface area (Å²) in [5.74, 6) is -1.22. The summed E-state index contributed by atoms with van der Waals surface area (Å²) in [6.45, 7) is 2.47. The Labute approximate surface area is 140 Å². The maximum Gasteiger partial charge on any atom is 0.337 e. The zero-order valence-corrected chi connectivity index (χ0v) is 14.2. The van der Waals surface area contributed by atoms with Gasteiger partial charge in [0.2, 0.25) is 10.0 Å². The van der Waals surface area contributed by atoms with Crippen molar-refractivity contribution in [2.45, 2.75) is 30.6 Å². The number of rotatable bonds is 4. The minimum Gasteiger partial charge on any atom is -0.478 e. The molecule has 0 aromatic heterocycles. The number of carbonyl (C=O) groups is 1. The third-order valence-corrected chi connectivity index (χ3v) is 6.65. The van der Waals surface area contributed by atoms with Crippen LogP contribution in [-0.2, 0) is 10.0 Å². The van der Waals surface area contributed by atoms with Crippen LogP contribution in [0.3, 0.4) is 0 Å². The van der Waals surface area contributed by atoms with Crippen molar-refractivity contribution in [3.63, 3.8) is 0 Å². The minimum absolute atomic E-state index is 0.0584. The second kappa shape index (κ2) is 6.30. The van der Waals surface area contributed by atoms with E-state index >= 15 is 0 Å². The average Bonchev–Trinajstić information content (AvgIpc) is 3.20. The lowest BCUT2D eigenvalue weighted by molar-refractivity contribution is 0.0697. The van der Waals surface area contributed by atoms with Crippen LogP contribution in [0.2, 0.25) is 5.02 Å². The Bertz CT molecular complexity index is 723. The topological polar surface area (TPSA) is 77.9 Å². The highest BCUT2D eigenvalue weighted by molar-refractivity contribution is 7.89. The van der Waals surface area contributed by atoms with Crippen molar-refractivity contribution >= 4 is 33.3 Å². The largest absolute Gasteiger partial charge is 0.478 e. The fraction of sp³-hybridized carbons (Fsp3) is 0.533. The number of hydrogen-bond donors (Lipinski definition) is 1. The van der Waals surface area contributed by atoms with E-state index in [1.54, 1.807) is 0 Å². The molecule has 0 atom stereocenters. The van der Waals surface area contributed by atoms with Crippen molar-refractivity contribution in [1.82, 2.24) is 4.31 Å². The Hall–Kier alpha value is -1.31. The molecule has 0 bridgehead atoms. The summed E-state index contributed by atoms with van der Waals surface area (Å²) in [6.07, 6.45) is 3.64. The van der Waals surface area contributed by atoms with E-state index in [-0.39, 0.29) is 15.5 Å². The molecule has 126 valence electrons. The third kappa shape index (κ3) is 3.05. The van der Waals surface area contributed by atoms with Gasteiger partial charge in [0.25, 0.3) is 0 Å². The van der Waals surface area contributed by atoms with Gasteiger partial charge in [0, 0.05) is 26.2 Å². The van der Waals surface area contributed by atoms with Crippen LogP contribution in [0.4, 0.5) is 5.69 Å². The first-order chi connectivity index (χ1) is 10.9. The molecule has 0 unspecified atom stereocenters. The molecule has 2 saturated heterocycles. The number of hydrogen-bond acceptors (Lipinski definition) is 4. The summed E-state index contributed by atoms with van der Waals surface area (Å²) in [7, 11) is -3.71. The zero-order chi connectivity index (χ0) is 16.6. The summed E-state index contributed by atoms with van der Waals surface area (Å²) < 4.78 is 27.4. The summed E-state index contributed by atoms with van der Waals surface area (Å²) in [4.78, 5) is 13.4. The molecule has 0 radical (unpaired) electrons. The number of carboxylic acid groups (broad SMARTS) is 1. The van der Waals surface area contributed by atoms with Gasteiger partial charge in [-0.1, -0.05) is 11.6 Å². The highest BCUT2D eigenvalue weighted by Gasteiger charge is 2.33. The molecular formula is C15H19ClN2O4S. The predicted molar refractivity (Wildman–Crippen MR) is 87.9 cm³/mol. The van der Waals surface area contributed by atoms with Crippen molar-refractivity contribution in [3.05, 3.63) is 22.7 Å². The van der Waals surface area contributed by atoms with Crippen molar-refractivity contribution in [2.75, 3.05) is 31.1 Å². The Balaban J connectivity index is 2.15. The van der Waals surface area contributed by atoms with Crippen LogP contribution in [-0.4, -0.2) is 50.0 Å². The Morgan fingerprint density at radius 1 is 1.04 bits per heavy atom. The van der Waals surface area contributed by atoms with E-state index in [9.17, 15) is 18.3 Å². The lowest BCUT2D eigenvalue weighted by Crippen LogP contribution is -2.30. The molecule has 2 heterocycles. The summed E-state index contributed by atoms with van der Waals surface area (Å²) >= 11 is 6.07. The number of aromatic carboxylic acids is 1. The number of nitrogens with zero attached hydrogens (tertiary/aromatic N) is 2. The van der Waals surface area contributed by atoms with Crippen LogP contribution in [0, 0.1) is 0 Å². The average molecular weight is 359 g/mol. The molecule has 2 aliphatic rings. The van der Waals surface area contributed by atoms with Crippen molar-refractivity contribution in [2.24, 2.45) is 0 Å². The predicted octanol–water partition coefficient (Wildman–Crippen LogP) is 2.42. The van der Waals surface area contributed by atoms with Gasteiger partial charge in [-0.05, 0) is 37.8 Å². The highest BCUT2D eigenvalue weighted by atomic mass is 35.5. The summed E-state index contributed by atoms with van der Waals surface area (Å²) in [5.41, 5.74) is 0.344. The molecule has 6 nitrogen and oxygen atoms in total. The van der Waals surface area contributed by atoms with Gasteiger partial charge in [-0.25, -0.2) is 13.2 Å². The first kappa shape index (κ1) is 16.5. The van der Waals surface area contributed by atoms with Crippen LogP contribution in [0.15, 0.2) is 17.0 Å². The summed E-state index contributed by atoms with van der Waals surface area (Å²) in [5, 5.41) is 9.34. The normalized spacial score (nSPS) is 19.4. The molecule has 8 heteroatoms. The quantitative estimate of drug-likeness (QED) is 0.894. The second-order valence-electron chi connectivity index (χ2n) is 5.91. The van der Waals surface area contributed by atoms with Gasteiger partial charge in [0.05, 0.1) is 16.3 Å². The number of benzene rings is 1. The number of halogens is 1. The van der Waals surface area contributed by atoms with Crippen LogP contribution < -0.4 is 4.90 Å². The lowest BCUT2D eigenvalue weighted by Gasteiger charge is -2.25.